The average molecular weight is 254 g/mol. The molecule has 5 heteroatoms. The number of thiol groups is 1. The third-order valence-corrected chi connectivity index (χ3v) is 2.76. The predicted octanol–water partition coefficient (Wildman–Crippen LogP) is 1.71. The zero-order chi connectivity index (χ0) is 12.7. The first-order valence-electron chi connectivity index (χ1n) is 5.50. The van der Waals surface area contributed by atoms with Crippen molar-refractivity contribution in [1.82, 2.24) is 5.32 Å². The number of nitrogen functional groups attached to an aromatic ring is 1. The largest absolute Gasteiger partial charge is 0.398 e. The maximum absolute atomic E-state index is 11.7. The van der Waals surface area contributed by atoms with Crippen LogP contribution in [0, 0.1) is 0 Å². The van der Waals surface area contributed by atoms with Crippen LogP contribution in [0.1, 0.15) is 23.2 Å². The van der Waals surface area contributed by atoms with Gasteiger partial charge in [-0.3, -0.25) is 4.79 Å². The Labute approximate surface area is 107 Å². The minimum atomic E-state index is -0.109. The molecule has 0 bridgehead atoms. The van der Waals surface area contributed by atoms with E-state index in [1.165, 1.54) is 0 Å². The van der Waals surface area contributed by atoms with E-state index in [9.17, 15) is 4.79 Å². The van der Waals surface area contributed by atoms with Crippen LogP contribution in [0.25, 0.3) is 0 Å². The molecule has 0 aliphatic rings. The highest BCUT2D eigenvalue weighted by molar-refractivity contribution is 7.80. The number of carbonyl (C=O) groups is 1. The van der Waals surface area contributed by atoms with Gasteiger partial charge in [-0.2, -0.15) is 0 Å². The SMILES string of the molecule is COCCCCNC(=O)c1ccc(S)c(N)c1. The standard InChI is InChI=1S/C12H18N2O2S/c1-16-7-3-2-6-14-12(15)9-4-5-11(17)10(13)8-9/h4-5,8,17H,2-3,6-7,13H2,1H3,(H,14,15). The zero-order valence-corrected chi connectivity index (χ0v) is 10.8. The molecule has 0 saturated carbocycles. The van der Waals surface area contributed by atoms with Gasteiger partial charge in [0.25, 0.3) is 5.91 Å². The lowest BCUT2D eigenvalue weighted by Gasteiger charge is -2.06. The molecule has 94 valence electrons. The molecule has 0 spiro atoms. The third-order valence-electron chi connectivity index (χ3n) is 2.35. The third kappa shape index (κ3) is 4.66. The fraction of sp³-hybridized carbons (Fsp3) is 0.417. The summed E-state index contributed by atoms with van der Waals surface area (Å²) < 4.78 is 4.92. The van der Waals surface area contributed by atoms with Crippen LogP contribution in [0.15, 0.2) is 23.1 Å². The van der Waals surface area contributed by atoms with Crippen LogP contribution in [-0.4, -0.2) is 26.2 Å². The maximum atomic E-state index is 11.7. The minimum absolute atomic E-state index is 0.109. The fourth-order valence-corrected chi connectivity index (χ4v) is 1.51. The molecule has 0 aromatic heterocycles. The van der Waals surface area contributed by atoms with Crippen molar-refractivity contribution in [2.24, 2.45) is 0 Å². The molecule has 0 heterocycles. The van der Waals surface area contributed by atoms with Crippen LogP contribution in [0.2, 0.25) is 0 Å². The number of amides is 1. The van der Waals surface area contributed by atoms with Gasteiger partial charge in [0.2, 0.25) is 0 Å². The van der Waals surface area contributed by atoms with E-state index in [1.54, 1.807) is 25.3 Å². The number of methoxy groups -OCH3 is 1. The molecular formula is C12H18N2O2S. The number of hydrogen-bond donors (Lipinski definition) is 3. The normalized spacial score (nSPS) is 10.2. The number of carbonyl (C=O) groups excluding carboxylic acids is 1. The van der Waals surface area contributed by atoms with E-state index in [0.29, 0.717) is 22.7 Å². The molecule has 0 atom stereocenters. The summed E-state index contributed by atoms with van der Waals surface area (Å²) in [4.78, 5) is 12.4. The molecule has 1 rings (SSSR count). The highest BCUT2D eigenvalue weighted by Crippen LogP contribution is 2.17. The van der Waals surface area contributed by atoms with Crippen LogP contribution in [0.4, 0.5) is 5.69 Å². The number of unbranched alkanes of at least 4 members (excludes halogenated alkanes) is 1. The number of nitrogens with one attached hydrogen (secondary N) is 1. The summed E-state index contributed by atoms with van der Waals surface area (Å²) in [6.07, 6.45) is 1.84. The van der Waals surface area contributed by atoms with E-state index < -0.39 is 0 Å². The number of nitrogens with two attached hydrogens (primary N) is 1. The van der Waals surface area contributed by atoms with Crippen LogP contribution in [0.3, 0.4) is 0 Å². The molecule has 0 radical (unpaired) electrons. The van der Waals surface area contributed by atoms with E-state index in [2.05, 4.69) is 17.9 Å². The Bertz CT molecular complexity index is 383. The Morgan fingerprint density at radius 1 is 1.47 bits per heavy atom. The molecule has 0 saturated heterocycles. The molecular weight excluding hydrogens is 236 g/mol. The maximum Gasteiger partial charge on any atom is 0.251 e. The van der Waals surface area contributed by atoms with Crippen molar-refractivity contribution >= 4 is 24.2 Å². The monoisotopic (exact) mass is 254 g/mol. The molecule has 0 unspecified atom stereocenters. The molecule has 1 aromatic rings. The number of hydrogen-bond acceptors (Lipinski definition) is 4. The van der Waals surface area contributed by atoms with Gasteiger partial charge in [0.05, 0.1) is 0 Å². The first-order valence-corrected chi connectivity index (χ1v) is 5.95. The van der Waals surface area contributed by atoms with Crippen LogP contribution in [-0.2, 0) is 4.74 Å². The summed E-state index contributed by atoms with van der Waals surface area (Å²) in [6, 6.07) is 5.06. The molecule has 1 amide bonds. The van der Waals surface area contributed by atoms with Gasteiger partial charge in [-0.05, 0) is 31.0 Å². The van der Waals surface area contributed by atoms with Gasteiger partial charge < -0.3 is 15.8 Å². The smallest absolute Gasteiger partial charge is 0.251 e. The quantitative estimate of drug-likeness (QED) is 0.411. The van der Waals surface area contributed by atoms with Crippen molar-refractivity contribution in [1.29, 1.82) is 0 Å². The van der Waals surface area contributed by atoms with E-state index >= 15 is 0 Å². The second kappa shape index (κ2) is 7.19. The molecule has 0 aliphatic heterocycles. The minimum Gasteiger partial charge on any atom is -0.398 e. The molecule has 0 aliphatic carbocycles. The van der Waals surface area contributed by atoms with E-state index in [4.69, 9.17) is 10.5 Å². The van der Waals surface area contributed by atoms with Crippen molar-refractivity contribution in [2.75, 3.05) is 26.0 Å². The van der Waals surface area contributed by atoms with Gasteiger partial charge in [-0.1, -0.05) is 0 Å². The molecule has 3 N–H and O–H groups in total. The van der Waals surface area contributed by atoms with Gasteiger partial charge in [-0.25, -0.2) is 0 Å². The van der Waals surface area contributed by atoms with Gasteiger partial charge in [0.1, 0.15) is 0 Å². The Morgan fingerprint density at radius 3 is 2.88 bits per heavy atom. The average Bonchev–Trinajstić information content (AvgIpc) is 2.32. The lowest BCUT2D eigenvalue weighted by molar-refractivity contribution is 0.0951. The second-order valence-corrected chi connectivity index (χ2v) is 4.21. The van der Waals surface area contributed by atoms with Gasteiger partial charge in [0, 0.05) is 36.4 Å². The Balaban J connectivity index is 2.39. The highest BCUT2D eigenvalue weighted by Gasteiger charge is 2.06. The molecule has 0 fully saturated rings. The molecule has 4 nitrogen and oxygen atoms in total. The van der Waals surface area contributed by atoms with Crippen molar-refractivity contribution in [2.45, 2.75) is 17.7 Å². The lowest BCUT2D eigenvalue weighted by atomic mass is 10.2. The summed E-state index contributed by atoms with van der Waals surface area (Å²) in [5.41, 5.74) is 6.76. The van der Waals surface area contributed by atoms with E-state index in [1.807, 2.05) is 0 Å². The fourth-order valence-electron chi connectivity index (χ4n) is 1.37. The highest BCUT2D eigenvalue weighted by atomic mass is 32.1. The Morgan fingerprint density at radius 2 is 2.24 bits per heavy atom. The number of rotatable bonds is 6. The van der Waals surface area contributed by atoms with E-state index in [-0.39, 0.29) is 5.91 Å². The summed E-state index contributed by atoms with van der Waals surface area (Å²) in [7, 11) is 1.67. The Hall–Kier alpha value is -1.20. The van der Waals surface area contributed by atoms with Crippen molar-refractivity contribution < 1.29 is 9.53 Å². The zero-order valence-electron chi connectivity index (χ0n) is 9.90. The first kappa shape index (κ1) is 13.9. The van der Waals surface area contributed by atoms with Crippen molar-refractivity contribution in [3.05, 3.63) is 23.8 Å². The van der Waals surface area contributed by atoms with Crippen LogP contribution in [0.5, 0.6) is 0 Å². The summed E-state index contributed by atoms with van der Waals surface area (Å²) in [6.45, 7) is 1.36. The Kier molecular flexibility index (Phi) is 5.86. The molecule has 17 heavy (non-hydrogen) atoms. The topological polar surface area (TPSA) is 64.3 Å². The van der Waals surface area contributed by atoms with Gasteiger partial charge in [-0.15, -0.1) is 12.6 Å². The summed E-state index contributed by atoms with van der Waals surface area (Å²) in [5.74, 6) is -0.109. The first-order chi connectivity index (χ1) is 8.15. The van der Waals surface area contributed by atoms with Crippen LogP contribution >= 0.6 is 12.6 Å². The van der Waals surface area contributed by atoms with Gasteiger partial charge >= 0.3 is 0 Å². The van der Waals surface area contributed by atoms with Crippen molar-refractivity contribution in [3.8, 4) is 0 Å². The second-order valence-electron chi connectivity index (χ2n) is 3.73. The summed E-state index contributed by atoms with van der Waals surface area (Å²) >= 11 is 4.15. The summed E-state index contributed by atoms with van der Waals surface area (Å²) in [5, 5.41) is 2.83. The van der Waals surface area contributed by atoms with Crippen LogP contribution < -0.4 is 11.1 Å². The lowest BCUT2D eigenvalue weighted by Crippen LogP contribution is -2.24. The number of ether oxygens (including phenoxy) is 1. The number of anilines is 1. The van der Waals surface area contributed by atoms with E-state index in [0.717, 1.165) is 19.4 Å². The predicted molar refractivity (Wildman–Crippen MR) is 71.5 cm³/mol. The van der Waals surface area contributed by atoms with Crippen molar-refractivity contribution in [3.63, 3.8) is 0 Å². The van der Waals surface area contributed by atoms with Gasteiger partial charge in [0.15, 0.2) is 0 Å². The number of benzene rings is 1. The molecule has 1 aromatic carbocycles.